The van der Waals surface area contributed by atoms with Crippen LogP contribution >= 0.6 is 22.6 Å². The molecule has 3 aliphatic heterocycles. The number of ether oxygens (including phenoxy) is 1. The van der Waals surface area contributed by atoms with Gasteiger partial charge in [0.1, 0.15) is 12.2 Å². The third-order valence-corrected chi connectivity index (χ3v) is 4.65. The Hall–Kier alpha value is -1.11. The number of fused-ring (bicyclic) bond motifs is 1. The van der Waals surface area contributed by atoms with Gasteiger partial charge < -0.3 is 14.9 Å². The Morgan fingerprint density at radius 2 is 2.25 bits per heavy atom. The standard InChI is InChI=1S/C10H12IN5O4/c1-3-4(17)5(18)6(20-3)16-2-13-10(11)7(16)14-9(12)15-8(10)19/h2-6,17-18H,1H3,(H2,12,15,19)/t3-,4-,5-,6-,10?/m1/s1. The predicted molar refractivity (Wildman–Crippen MR) is 76.7 cm³/mol. The maximum Gasteiger partial charge on any atom is 0.272 e. The molecule has 0 saturated carbocycles. The molecule has 1 amide bonds. The number of amides is 1. The maximum absolute atomic E-state index is 11.9. The lowest BCUT2D eigenvalue weighted by molar-refractivity contribution is -0.120. The molecule has 0 spiro atoms. The summed E-state index contributed by atoms with van der Waals surface area (Å²) < 4.78 is 4.21. The van der Waals surface area contributed by atoms with Gasteiger partial charge in [-0.2, -0.15) is 4.99 Å². The van der Waals surface area contributed by atoms with E-state index in [1.54, 1.807) is 6.92 Å². The van der Waals surface area contributed by atoms with Crippen LogP contribution < -0.4 is 5.32 Å². The number of guanidine groups is 1. The highest BCUT2D eigenvalue weighted by Gasteiger charge is 2.55. The van der Waals surface area contributed by atoms with Crippen molar-refractivity contribution in [3.63, 3.8) is 0 Å². The third-order valence-electron chi connectivity index (χ3n) is 3.40. The SMILES string of the molecule is C[C@H]1O[C@@H](N2C=NC3(I)C(=O)NC(=N)N=C23)[C@H](O)[C@@H]1O. The van der Waals surface area contributed by atoms with E-state index in [9.17, 15) is 15.0 Å². The molecule has 3 heterocycles. The molecule has 3 rings (SSSR count). The summed E-state index contributed by atoms with van der Waals surface area (Å²) >= 11 is 1.82. The molecule has 5 atom stereocenters. The zero-order chi connectivity index (χ0) is 14.7. The minimum atomic E-state index is -1.28. The number of nitrogens with one attached hydrogen (secondary N) is 2. The average Bonchev–Trinajstić information content (AvgIpc) is 2.84. The first-order valence-corrected chi connectivity index (χ1v) is 6.96. The first-order valence-electron chi connectivity index (χ1n) is 5.88. The lowest BCUT2D eigenvalue weighted by Crippen LogP contribution is -2.57. The molecule has 0 aromatic rings. The Morgan fingerprint density at radius 3 is 2.85 bits per heavy atom. The number of carbonyl (C=O) groups is 1. The first kappa shape index (κ1) is 13.9. The van der Waals surface area contributed by atoms with Gasteiger partial charge in [0.2, 0.25) is 9.51 Å². The molecule has 1 unspecified atom stereocenters. The van der Waals surface area contributed by atoms with Crippen molar-refractivity contribution in [3.8, 4) is 0 Å². The second-order valence-electron chi connectivity index (χ2n) is 4.73. The lowest BCUT2D eigenvalue weighted by atomic mass is 10.1. The molecule has 0 bridgehead atoms. The molecule has 10 heteroatoms. The molecular formula is C10H12IN5O4. The normalized spacial score (nSPS) is 43.6. The van der Waals surface area contributed by atoms with Crippen LogP contribution in [0.15, 0.2) is 9.98 Å². The van der Waals surface area contributed by atoms with Crippen LogP contribution in [0.2, 0.25) is 0 Å². The van der Waals surface area contributed by atoms with Crippen molar-refractivity contribution in [1.82, 2.24) is 10.2 Å². The number of aliphatic imine (C=N–C) groups is 2. The van der Waals surface area contributed by atoms with Gasteiger partial charge >= 0.3 is 0 Å². The molecule has 0 aromatic carbocycles. The average molecular weight is 393 g/mol. The van der Waals surface area contributed by atoms with Crippen LogP contribution in [0.5, 0.6) is 0 Å². The van der Waals surface area contributed by atoms with Gasteiger partial charge in [-0.25, -0.2) is 4.99 Å². The van der Waals surface area contributed by atoms with Gasteiger partial charge in [0, 0.05) is 0 Å². The molecule has 0 aliphatic carbocycles. The van der Waals surface area contributed by atoms with E-state index in [-0.39, 0.29) is 11.8 Å². The quantitative estimate of drug-likeness (QED) is 0.242. The largest absolute Gasteiger partial charge is 0.388 e. The zero-order valence-corrected chi connectivity index (χ0v) is 12.5. The summed E-state index contributed by atoms with van der Waals surface area (Å²) in [5.41, 5.74) is 0. The predicted octanol–water partition coefficient (Wildman–Crippen LogP) is -1.61. The fourth-order valence-electron chi connectivity index (χ4n) is 2.29. The molecule has 108 valence electrons. The number of rotatable bonds is 1. The summed E-state index contributed by atoms with van der Waals surface area (Å²) in [5, 5.41) is 29.5. The van der Waals surface area contributed by atoms with Crippen LogP contribution in [-0.4, -0.2) is 67.2 Å². The monoisotopic (exact) mass is 393 g/mol. The van der Waals surface area contributed by atoms with E-state index >= 15 is 0 Å². The van der Waals surface area contributed by atoms with E-state index in [1.165, 1.54) is 11.2 Å². The molecule has 1 saturated heterocycles. The Morgan fingerprint density at radius 1 is 1.55 bits per heavy atom. The van der Waals surface area contributed by atoms with Crippen LogP contribution in [0.25, 0.3) is 0 Å². The highest BCUT2D eigenvalue weighted by molar-refractivity contribution is 14.1. The fourth-order valence-corrected chi connectivity index (χ4v) is 2.94. The molecule has 3 aliphatic rings. The Kier molecular flexibility index (Phi) is 3.08. The topological polar surface area (TPSA) is 131 Å². The first-order chi connectivity index (χ1) is 9.34. The van der Waals surface area contributed by atoms with Crippen molar-refractivity contribution < 1.29 is 19.7 Å². The minimum Gasteiger partial charge on any atom is -0.388 e. The minimum absolute atomic E-state index is 0.192. The van der Waals surface area contributed by atoms with Crippen molar-refractivity contribution in [2.24, 2.45) is 9.98 Å². The van der Waals surface area contributed by atoms with Crippen LogP contribution in [-0.2, 0) is 9.53 Å². The van der Waals surface area contributed by atoms with Gasteiger partial charge in [0.05, 0.1) is 12.4 Å². The number of aliphatic hydroxyl groups excluding tert-OH is 2. The van der Waals surface area contributed by atoms with E-state index < -0.39 is 34.0 Å². The Balaban J connectivity index is 1.96. The third kappa shape index (κ3) is 1.78. The summed E-state index contributed by atoms with van der Waals surface area (Å²) in [6.45, 7) is 1.63. The number of carbonyl (C=O) groups excluding carboxylic acids is 1. The van der Waals surface area contributed by atoms with Crippen molar-refractivity contribution in [2.45, 2.75) is 35.0 Å². The highest BCUT2D eigenvalue weighted by atomic mass is 127. The van der Waals surface area contributed by atoms with E-state index in [4.69, 9.17) is 10.1 Å². The molecule has 0 radical (unpaired) electrons. The molecule has 0 aromatic heterocycles. The molecular weight excluding hydrogens is 381 g/mol. The van der Waals surface area contributed by atoms with Gasteiger partial charge in [-0.05, 0) is 29.5 Å². The maximum atomic E-state index is 11.9. The van der Waals surface area contributed by atoms with E-state index in [0.29, 0.717) is 0 Å². The van der Waals surface area contributed by atoms with Crippen molar-refractivity contribution >= 4 is 46.6 Å². The van der Waals surface area contributed by atoms with E-state index in [1.807, 2.05) is 22.6 Å². The van der Waals surface area contributed by atoms with Crippen LogP contribution in [0.3, 0.4) is 0 Å². The van der Waals surface area contributed by atoms with Gasteiger partial charge in [0.25, 0.3) is 5.91 Å². The van der Waals surface area contributed by atoms with E-state index in [2.05, 4.69) is 15.3 Å². The zero-order valence-electron chi connectivity index (χ0n) is 10.3. The number of halogens is 1. The summed E-state index contributed by atoms with van der Waals surface area (Å²) in [7, 11) is 0. The number of amidine groups is 1. The Labute approximate surface area is 127 Å². The summed E-state index contributed by atoms with van der Waals surface area (Å²) in [5.74, 6) is -0.584. The number of nitrogens with zero attached hydrogens (tertiary/aromatic N) is 3. The molecule has 20 heavy (non-hydrogen) atoms. The fraction of sp³-hybridized carbons (Fsp3) is 0.600. The summed E-state index contributed by atoms with van der Waals surface area (Å²) in [6.07, 6.45) is -2.29. The van der Waals surface area contributed by atoms with E-state index in [0.717, 1.165) is 0 Å². The molecule has 1 fully saturated rings. The lowest BCUT2D eigenvalue weighted by Gasteiger charge is -2.31. The van der Waals surface area contributed by atoms with Crippen LogP contribution in [0.1, 0.15) is 6.92 Å². The smallest absolute Gasteiger partial charge is 0.272 e. The van der Waals surface area contributed by atoms with Crippen molar-refractivity contribution in [2.75, 3.05) is 0 Å². The molecule has 4 N–H and O–H groups in total. The van der Waals surface area contributed by atoms with Crippen LogP contribution in [0, 0.1) is 5.41 Å². The number of aliphatic hydroxyl groups is 2. The van der Waals surface area contributed by atoms with Gasteiger partial charge in [-0.15, -0.1) is 0 Å². The van der Waals surface area contributed by atoms with Crippen molar-refractivity contribution in [3.05, 3.63) is 0 Å². The number of alkyl halides is 1. The van der Waals surface area contributed by atoms with Gasteiger partial charge in [0.15, 0.2) is 12.1 Å². The summed E-state index contributed by atoms with van der Waals surface area (Å²) in [4.78, 5) is 21.4. The van der Waals surface area contributed by atoms with Gasteiger partial charge in [-0.3, -0.25) is 20.4 Å². The second kappa shape index (κ2) is 4.44. The second-order valence-corrected chi connectivity index (χ2v) is 6.29. The number of hydrogen-bond donors (Lipinski definition) is 4. The van der Waals surface area contributed by atoms with Crippen LogP contribution in [0.4, 0.5) is 0 Å². The van der Waals surface area contributed by atoms with Gasteiger partial charge in [-0.1, -0.05) is 0 Å². The molecule has 9 nitrogen and oxygen atoms in total. The van der Waals surface area contributed by atoms with Crippen molar-refractivity contribution in [1.29, 1.82) is 5.41 Å². The summed E-state index contributed by atoms with van der Waals surface area (Å²) in [6, 6.07) is 0. The Bertz CT molecular complexity index is 552. The highest BCUT2D eigenvalue weighted by Crippen LogP contribution is 2.35. The number of hydrogen-bond acceptors (Lipinski definition) is 7.